The van der Waals surface area contributed by atoms with Gasteiger partial charge in [-0.3, -0.25) is 0 Å². The quantitative estimate of drug-likeness (QED) is 0.702. The van der Waals surface area contributed by atoms with Gasteiger partial charge in [0.2, 0.25) is 5.79 Å². The zero-order chi connectivity index (χ0) is 11.3. The second-order valence-electron chi connectivity index (χ2n) is 3.24. The van der Waals surface area contributed by atoms with Gasteiger partial charge in [0.05, 0.1) is 6.54 Å². The lowest BCUT2D eigenvalue weighted by Gasteiger charge is -2.34. The molecule has 0 heterocycles. The molecule has 0 radical (unpaired) electrons. The molecule has 0 saturated heterocycles. The van der Waals surface area contributed by atoms with Crippen molar-refractivity contribution >= 4 is 0 Å². The first-order valence-corrected chi connectivity index (χ1v) is 4.73. The largest absolute Gasteiger partial charge is 0.383 e. The van der Waals surface area contributed by atoms with E-state index in [1.54, 1.807) is 12.1 Å². The summed E-state index contributed by atoms with van der Waals surface area (Å²) >= 11 is 0. The van der Waals surface area contributed by atoms with Crippen LogP contribution in [0.1, 0.15) is 11.7 Å². The number of aliphatic hydroxyl groups is 1. The van der Waals surface area contributed by atoms with Gasteiger partial charge < -0.3 is 20.3 Å². The van der Waals surface area contributed by atoms with Crippen LogP contribution in [-0.4, -0.2) is 31.7 Å². The summed E-state index contributed by atoms with van der Waals surface area (Å²) in [6.07, 6.45) is -0.904. The zero-order valence-electron chi connectivity index (χ0n) is 9.01. The summed E-state index contributed by atoms with van der Waals surface area (Å²) in [4.78, 5) is 0. The molecule has 0 aliphatic rings. The maximum atomic E-state index is 10.1. The van der Waals surface area contributed by atoms with Gasteiger partial charge in [0, 0.05) is 14.2 Å². The average Bonchev–Trinajstić information content (AvgIpc) is 2.33. The van der Waals surface area contributed by atoms with Gasteiger partial charge in [0.25, 0.3) is 0 Å². The second-order valence-corrected chi connectivity index (χ2v) is 3.24. The van der Waals surface area contributed by atoms with Gasteiger partial charge in [-0.15, -0.1) is 0 Å². The number of aliphatic hydroxyl groups excluding tert-OH is 1. The minimum Gasteiger partial charge on any atom is -0.383 e. The van der Waals surface area contributed by atoms with Gasteiger partial charge >= 0.3 is 0 Å². The summed E-state index contributed by atoms with van der Waals surface area (Å²) in [7, 11) is 2.92. The Hall–Kier alpha value is -0.940. The lowest BCUT2D eigenvalue weighted by atomic mass is 10.0. The molecule has 0 fully saturated rings. The van der Waals surface area contributed by atoms with E-state index in [2.05, 4.69) is 0 Å². The van der Waals surface area contributed by atoms with E-state index in [4.69, 9.17) is 15.2 Å². The van der Waals surface area contributed by atoms with Crippen LogP contribution >= 0.6 is 0 Å². The number of ether oxygens (including phenoxy) is 2. The topological polar surface area (TPSA) is 64.7 Å². The molecule has 84 valence electrons. The normalized spacial score (nSPS) is 13.9. The molecule has 1 unspecified atom stereocenters. The van der Waals surface area contributed by atoms with Crippen molar-refractivity contribution in [2.24, 2.45) is 5.73 Å². The highest BCUT2D eigenvalue weighted by Crippen LogP contribution is 2.28. The summed E-state index contributed by atoms with van der Waals surface area (Å²) in [6, 6.07) is 9.15. The summed E-state index contributed by atoms with van der Waals surface area (Å²) in [5.41, 5.74) is 6.27. The van der Waals surface area contributed by atoms with Crippen LogP contribution in [0, 0.1) is 0 Å². The van der Waals surface area contributed by atoms with Crippen molar-refractivity contribution in [1.82, 2.24) is 0 Å². The maximum absolute atomic E-state index is 10.1. The SMILES string of the molecule is COC(CN)(OC)C(O)c1ccccc1. The minimum atomic E-state index is -1.18. The van der Waals surface area contributed by atoms with Crippen molar-refractivity contribution in [3.05, 3.63) is 35.9 Å². The van der Waals surface area contributed by atoms with Gasteiger partial charge in [-0.05, 0) is 5.56 Å². The standard InChI is InChI=1S/C11H17NO3/c1-14-11(8-12,15-2)10(13)9-6-4-3-5-7-9/h3-7,10,13H,8,12H2,1-2H3. The van der Waals surface area contributed by atoms with Crippen LogP contribution in [0.2, 0.25) is 0 Å². The molecule has 0 aromatic heterocycles. The van der Waals surface area contributed by atoms with Crippen LogP contribution in [-0.2, 0) is 9.47 Å². The number of rotatable bonds is 5. The molecule has 1 rings (SSSR count). The van der Waals surface area contributed by atoms with E-state index in [-0.39, 0.29) is 6.54 Å². The number of benzene rings is 1. The van der Waals surface area contributed by atoms with Crippen LogP contribution in [0.25, 0.3) is 0 Å². The highest BCUT2D eigenvalue weighted by atomic mass is 16.7. The first-order valence-electron chi connectivity index (χ1n) is 4.73. The van der Waals surface area contributed by atoms with Crippen LogP contribution in [0.5, 0.6) is 0 Å². The molecular formula is C11H17NO3. The fraction of sp³-hybridized carbons (Fsp3) is 0.455. The van der Waals surface area contributed by atoms with Crippen molar-refractivity contribution in [1.29, 1.82) is 0 Å². The highest BCUT2D eigenvalue weighted by molar-refractivity contribution is 5.19. The summed E-state index contributed by atoms with van der Waals surface area (Å²) < 4.78 is 10.3. The van der Waals surface area contributed by atoms with Gasteiger partial charge in [-0.25, -0.2) is 0 Å². The summed E-state index contributed by atoms with van der Waals surface area (Å²) in [5.74, 6) is -1.18. The Labute approximate surface area is 89.6 Å². The molecule has 15 heavy (non-hydrogen) atoms. The van der Waals surface area contributed by atoms with Crippen molar-refractivity contribution in [2.45, 2.75) is 11.9 Å². The molecule has 1 aromatic carbocycles. The van der Waals surface area contributed by atoms with Crippen LogP contribution in [0.15, 0.2) is 30.3 Å². The van der Waals surface area contributed by atoms with E-state index in [1.807, 2.05) is 18.2 Å². The first-order chi connectivity index (χ1) is 7.20. The average molecular weight is 211 g/mol. The molecular weight excluding hydrogens is 194 g/mol. The Morgan fingerprint density at radius 2 is 1.80 bits per heavy atom. The molecule has 0 aliphatic heterocycles. The predicted molar refractivity (Wildman–Crippen MR) is 57.2 cm³/mol. The van der Waals surface area contributed by atoms with Crippen LogP contribution in [0.3, 0.4) is 0 Å². The molecule has 0 aliphatic carbocycles. The molecule has 1 atom stereocenters. The van der Waals surface area contributed by atoms with Gasteiger partial charge in [-0.2, -0.15) is 0 Å². The Balaban J connectivity index is 2.95. The number of methoxy groups -OCH3 is 2. The van der Waals surface area contributed by atoms with Crippen LogP contribution < -0.4 is 5.73 Å². The van der Waals surface area contributed by atoms with E-state index in [0.29, 0.717) is 5.56 Å². The lowest BCUT2D eigenvalue weighted by molar-refractivity contribution is -0.254. The third-order valence-corrected chi connectivity index (χ3v) is 2.51. The first kappa shape index (κ1) is 12.1. The van der Waals surface area contributed by atoms with Gasteiger partial charge in [0.15, 0.2) is 0 Å². The molecule has 3 N–H and O–H groups in total. The lowest BCUT2D eigenvalue weighted by Crippen LogP contribution is -2.47. The Morgan fingerprint density at radius 3 is 2.20 bits per heavy atom. The summed E-state index contributed by atoms with van der Waals surface area (Å²) in [6.45, 7) is 0.0794. The Bertz CT molecular complexity index is 277. The van der Waals surface area contributed by atoms with Crippen molar-refractivity contribution in [3.63, 3.8) is 0 Å². The predicted octanol–water partition coefficient (Wildman–Crippen LogP) is 0.668. The van der Waals surface area contributed by atoms with Crippen LogP contribution in [0.4, 0.5) is 0 Å². The number of hydrogen-bond donors (Lipinski definition) is 2. The Kier molecular flexibility index (Phi) is 4.23. The Morgan fingerprint density at radius 1 is 1.27 bits per heavy atom. The molecule has 0 saturated carbocycles. The monoisotopic (exact) mass is 211 g/mol. The van der Waals surface area contributed by atoms with Crippen molar-refractivity contribution in [3.8, 4) is 0 Å². The minimum absolute atomic E-state index is 0.0794. The van der Waals surface area contributed by atoms with Crippen molar-refractivity contribution < 1.29 is 14.6 Å². The van der Waals surface area contributed by atoms with E-state index in [0.717, 1.165) is 0 Å². The van der Waals surface area contributed by atoms with E-state index >= 15 is 0 Å². The third kappa shape index (κ3) is 2.35. The zero-order valence-corrected chi connectivity index (χ0v) is 9.01. The molecule has 0 spiro atoms. The third-order valence-electron chi connectivity index (χ3n) is 2.51. The fourth-order valence-electron chi connectivity index (χ4n) is 1.47. The molecule has 1 aromatic rings. The van der Waals surface area contributed by atoms with Gasteiger partial charge in [0.1, 0.15) is 6.10 Å². The van der Waals surface area contributed by atoms with E-state index in [1.165, 1.54) is 14.2 Å². The fourth-order valence-corrected chi connectivity index (χ4v) is 1.47. The highest BCUT2D eigenvalue weighted by Gasteiger charge is 2.37. The summed E-state index contributed by atoms with van der Waals surface area (Å²) in [5, 5.41) is 10.1. The maximum Gasteiger partial charge on any atom is 0.210 e. The molecule has 0 bridgehead atoms. The molecule has 4 nitrogen and oxygen atoms in total. The number of hydrogen-bond acceptors (Lipinski definition) is 4. The number of nitrogens with two attached hydrogens (primary N) is 1. The van der Waals surface area contributed by atoms with Crippen molar-refractivity contribution in [2.75, 3.05) is 20.8 Å². The van der Waals surface area contributed by atoms with E-state index < -0.39 is 11.9 Å². The second kappa shape index (κ2) is 5.23. The molecule has 4 heteroatoms. The van der Waals surface area contributed by atoms with E-state index in [9.17, 15) is 5.11 Å². The van der Waals surface area contributed by atoms with Gasteiger partial charge in [-0.1, -0.05) is 30.3 Å². The smallest absolute Gasteiger partial charge is 0.210 e. The molecule has 0 amide bonds.